The van der Waals surface area contributed by atoms with Crippen LogP contribution in [0.25, 0.3) is 0 Å². The Morgan fingerprint density at radius 3 is 2.37 bits per heavy atom. The van der Waals surface area contributed by atoms with Crippen molar-refractivity contribution in [2.45, 2.75) is 38.5 Å². The van der Waals surface area contributed by atoms with Crippen molar-refractivity contribution in [2.75, 3.05) is 20.7 Å². The summed E-state index contributed by atoms with van der Waals surface area (Å²) < 4.78 is 31.6. The van der Waals surface area contributed by atoms with Crippen LogP contribution in [-0.4, -0.2) is 33.4 Å². The first-order valence-corrected chi connectivity index (χ1v) is 7.90. The van der Waals surface area contributed by atoms with Crippen molar-refractivity contribution in [3.63, 3.8) is 0 Å². The summed E-state index contributed by atoms with van der Waals surface area (Å²) in [6, 6.07) is 3.34. The van der Waals surface area contributed by atoms with E-state index >= 15 is 0 Å². The number of unbranched alkanes of at least 4 members (excludes halogenated alkanes) is 1. The lowest BCUT2D eigenvalue weighted by molar-refractivity contribution is 0.410. The molecule has 0 fully saturated rings. The van der Waals surface area contributed by atoms with Crippen molar-refractivity contribution in [3.05, 3.63) is 23.3 Å². The van der Waals surface area contributed by atoms with Gasteiger partial charge >= 0.3 is 0 Å². The normalized spacial score (nSPS) is 11.9. The third-order valence-corrected chi connectivity index (χ3v) is 5.42. The van der Waals surface area contributed by atoms with Gasteiger partial charge in [-0.1, -0.05) is 13.3 Å². The van der Waals surface area contributed by atoms with Crippen molar-refractivity contribution in [1.82, 2.24) is 4.31 Å². The average molecular weight is 285 g/mol. The highest BCUT2D eigenvalue weighted by Gasteiger charge is 2.23. The maximum absolute atomic E-state index is 12.5. The molecule has 1 aromatic carbocycles. The van der Waals surface area contributed by atoms with E-state index in [1.54, 1.807) is 26.3 Å². The van der Waals surface area contributed by atoms with Gasteiger partial charge in [-0.05, 0) is 43.5 Å². The van der Waals surface area contributed by atoms with E-state index < -0.39 is 10.0 Å². The Balaban J connectivity index is 3.19. The molecule has 19 heavy (non-hydrogen) atoms. The van der Waals surface area contributed by atoms with Gasteiger partial charge in [0.2, 0.25) is 10.0 Å². The lowest BCUT2D eigenvalue weighted by Crippen LogP contribution is -2.28. The minimum absolute atomic E-state index is 0.365. The molecule has 0 radical (unpaired) electrons. The molecule has 5 heteroatoms. The molecule has 0 atom stereocenters. The van der Waals surface area contributed by atoms with Crippen LogP contribution in [0.1, 0.15) is 30.9 Å². The van der Waals surface area contributed by atoms with E-state index in [2.05, 4.69) is 0 Å². The van der Waals surface area contributed by atoms with E-state index in [1.807, 2.05) is 20.8 Å². The number of rotatable bonds is 6. The largest absolute Gasteiger partial charge is 0.496 e. The second-order valence-corrected chi connectivity index (χ2v) is 6.71. The van der Waals surface area contributed by atoms with Crippen LogP contribution in [0.15, 0.2) is 17.0 Å². The zero-order valence-electron chi connectivity index (χ0n) is 12.4. The van der Waals surface area contributed by atoms with Gasteiger partial charge in [0.05, 0.1) is 12.0 Å². The smallest absolute Gasteiger partial charge is 0.243 e. The van der Waals surface area contributed by atoms with Gasteiger partial charge in [0, 0.05) is 13.6 Å². The van der Waals surface area contributed by atoms with Crippen molar-refractivity contribution in [2.24, 2.45) is 0 Å². The first kappa shape index (κ1) is 16.0. The number of hydrogen-bond donors (Lipinski definition) is 0. The Hall–Kier alpha value is -1.07. The highest BCUT2D eigenvalue weighted by molar-refractivity contribution is 7.89. The van der Waals surface area contributed by atoms with Crippen molar-refractivity contribution < 1.29 is 13.2 Å². The van der Waals surface area contributed by atoms with Crippen LogP contribution >= 0.6 is 0 Å². The Kier molecular flexibility index (Phi) is 5.38. The fourth-order valence-corrected chi connectivity index (χ4v) is 3.43. The highest BCUT2D eigenvalue weighted by atomic mass is 32.2. The standard InChI is InChI=1S/C14H23NO3S/c1-6-7-10-15(4)19(16,17)14-9-8-13(18-5)11(2)12(14)3/h8-9H,6-7,10H2,1-5H3. The number of hydrogen-bond acceptors (Lipinski definition) is 3. The quantitative estimate of drug-likeness (QED) is 0.807. The summed E-state index contributed by atoms with van der Waals surface area (Å²) in [5.41, 5.74) is 1.62. The molecule has 0 aromatic heterocycles. The molecule has 0 heterocycles. The second-order valence-electron chi connectivity index (χ2n) is 4.70. The van der Waals surface area contributed by atoms with E-state index in [0.29, 0.717) is 17.2 Å². The molecule has 0 N–H and O–H groups in total. The molecule has 0 spiro atoms. The number of benzene rings is 1. The molecule has 0 bridgehead atoms. The summed E-state index contributed by atoms with van der Waals surface area (Å²) in [5.74, 6) is 0.715. The van der Waals surface area contributed by atoms with Gasteiger partial charge in [0.15, 0.2) is 0 Å². The van der Waals surface area contributed by atoms with Gasteiger partial charge in [-0.15, -0.1) is 0 Å². The fourth-order valence-electron chi connectivity index (χ4n) is 1.94. The molecule has 0 saturated heterocycles. The van der Waals surface area contributed by atoms with Gasteiger partial charge in [-0.2, -0.15) is 0 Å². The predicted octanol–water partition coefficient (Wildman–Crippen LogP) is 2.73. The SMILES string of the molecule is CCCCN(C)S(=O)(=O)c1ccc(OC)c(C)c1C. The Morgan fingerprint density at radius 2 is 1.84 bits per heavy atom. The third kappa shape index (κ3) is 3.28. The lowest BCUT2D eigenvalue weighted by atomic mass is 10.1. The Morgan fingerprint density at radius 1 is 1.21 bits per heavy atom. The van der Waals surface area contributed by atoms with Gasteiger partial charge in [0.25, 0.3) is 0 Å². The molecule has 0 saturated carbocycles. The van der Waals surface area contributed by atoms with Gasteiger partial charge in [-0.3, -0.25) is 0 Å². The summed E-state index contributed by atoms with van der Waals surface area (Å²) >= 11 is 0. The second kappa shape index (κ2) is 6.39. The molecule has 0 unspecified atom stereocenters. The minimum Gasteiger partial charge on any atom is -0.496 e. The van der Waals surface area contributed by atoms with E-state index in [9.17, 15) is 8.42 Å². The Bertz CT molecular complexity index is 538. The van der Waals surface area contributed by atoms with Crippen molar-refractivity contribution in [1.29, 1.82) is 0 Å². The van der Waals surface area contributed by atoms with Crippen LogP contribution in [0.3, 0.4) is 0 Å². The predicted molar refractivity (Wildman–Crippen MR) is 77.2 cm³/mol. The van der Waals surface area contributed by atoms with Crippen LogP contribution < -0.4 is 4.74 Å². The molecule has 108 valence electrons. The minimum atomic E-state index is -3.41. The maximum atomic E-state index is 12.5. The van der Waals surface area contributed by atoms with Gasteiger partial charge < -0.3 is 4.74 Å². The number of ether oxygens (including phenoxy) is 1. The van der Waals surface area contributed by atoms with E-state index in [-0.39, 0.29) is 0 Å². The number of methoxy groups -OCH3 is 1. The Labute approximate surface area is 116 Å². The highest BCUT2D eigenvalue weighted by Crippen LogP contribution is 2.28. The van der Waals surface area contributed by atoms with Crippen LogP contribution in [0.5, 0.6) is 5.75 Å². The fraction of sp³-hybridized carbons (Fsp3) is 0.571. The van der Waals surface area contributed by atoms with Gasteiger partial charge in [-0.25, -0.2) is 12.7 Å². The van der Waals surface area contributed by atoms with Crippen molar-refractivity contribution in [3.8, 4) is 5.75 Å². The van der Waals surface area contributed by atoms with Crippen LogP contribution in [0, 0.1) is 13.8 Å². The molecule has 1 aromatic rings. The van der Waals surface area contributed by atoms with Crippen molar-refractivity contribution >= 4 is 10.0 Å². The monoisotopic (exact) mass is 285 g/mol. The average Bonchev–Trinajstić information content (AvgIpc) is 2.38. The molecule has 0 aliphatic heterocycles. The summed E-state index contributed by atoms with van der Waals surface area (Å²) in [6.45, 7) is 6.28. The molecular weight excluding hydrogens is 262 g/mol. The maximum Gasteiger partial charge on any atom is 0.243 e. The zero-order chi connectivity index (χ0) is 14.6. The summed E-state index contributed by atoms with van der Waals surface area (Å²) in [6.07, 6.45) is 1.84. The molecule has 0 aliphatic rings. The number of sulfonamides is 1. The zero-order valence-corrected chi connectivity index (χ0v) is 13.2. The summed E-state index contributed by atoms with van der Waals surface area (Å²) in [4.78, 5) is 0.365. The first-order valence-electron chi connectivity index (χ1n) is 6.46. The molecule has 0 aliphatic carbocycles. The van der Waals surface area contributed by atoms with E-state index in [4.69, 9.17) is 4.74 Å². The lowest BCUT2D eigenvalue weighted by Gasteiger charge is -2.19. The van der Waals surface area contributed by atoms with Crippen LogP contribution in [0.2, 0.25) is 0 Å². The first-order chi connectivity index (χ1) is 8.86. The number of nitrogens with zero attached hydrogens (tertiary/aromatic N) is 1. The van der Waals surface area contributed by atoms with Crippen LogP contribution in [0.4, 0.5) is 0 Å². The molecular formula is C14H23NO3S. The molecule has 1 rings (SSSR count). The van der Waals surface area contributed by atoms with E-state index in [0.717, 1.165) is 24.0 Å². The summed E-state index contributed by atoms with van der Waals surface area (Å²) in [7, 11) is -0.196. The van der Waals surface area contributed by atoms with Gasteiger partial charge in [0.1, 0.15) is 5.75 Å². The summed E-state index contributed by atoms with van der Waals surface area (Å²) in [5, 5.41) is 0. The van der Waals surface area contributed by atoms with Crippen LogP contribution in [-0.2, 0) is 10.0 Å². The van der Waals surface area contributed by atoms with E-state index in [1.165, 1.54) is 4.31 Å². The molecule has 0 amide bonds. The molecule has 4 nitrogen and oxygen atoms in total. The topological polar surface area (TPSA) is 46.6 Å². The third-order valence-electron chi connectivity index (χ3n) is 3.42.